The average molecular weight is 782 g/mol. The van der Waals surface area contributed by atoms with Gasteiger partial charge in [0.05, 0.1) is 38.6 Å². The fourth-order valence-electron chi connectivity index (χ4n) is 7.59. The van der Waals surface area contributed by atoms with Crippen LogP contribution in [0, 0.1) is 5.92 Å². The van der Waals surface area contributed by atoms with Crippen LogP contribution in [0.1, 0.15) is 76.5 Å². The number of carbonyl (C=O) groups excluding carboxylic acids is 3. The first-order valence-electron chi connectivity index (χ1n) is 19.6. The molecule has 13 heteroatoms. The van der Waals surface area contributed by atoms with Crippen LogP contribution in [0.4, 0.5) is 4.79 Å². The summed E-state index contributed by atoms with van der Waals surface area (Å²) in [5.74, 6) is 1.19. The van der Waals surface area contributed by atoms with E-state index < -0.39 is 29.6 Å². The lowest BCUT2D eigenvalue weighted by Crippen LogP contribution is -2.55. The van der Waals surface area contributed by atoms with Crippen LogP contribution in [0.5, 0.6) is 17.2 Å². The van der Waals surface area contributed by atoms with Gasteiger partial charge in [0.1, 0.15) is 45.6 Å². The Kier molecular flexibility index (Phi) is 11.8. The van der Waals surface area contributed by atoms with Gasteiger partial charge in [-0.25, -0.2) is 19.6 Å². The van der Waals surface area contributed by atoms with Crippen molar-refractivity contribution in [2.45, 2.75) is 89.4 Å². The SMILES string of the molecule is CCOC(=O)[C@@]12C[C@H]1C=CCCCCCN(Cc1ccc(OC)cc1)C(=O)N1C[C@H](Oc3cc(-c4nc(C(C)C)cs4)nc4cc(OC)ccc34)C[C@H]1C(=O)N2. The fourth-order valence-corrected chi connectivity index (χ4v) is 8.53. The highest BCUT2D eigenvalue weighted by atomic mass is 32.1. The zero-order chi connectivity index (χ0) is 39.4. The van der Waals surface area contributed by atoms with E-state index in [2.05, 4.69) is 25.2 Å². The van der Waals surface area contributed by atoms with Gasteiger partial charge in [0, 0.05) is 48.3 Å². The predicted molar refractivity (Wildman–Crippen MR) is 215 cm³/mol. The molecule has 0 bridgehead atoms. The molecule has 0 radical (unpaired) electrons. The summed E-state index contributed by atoms with van der Waals surface area (Å²) in [6.45, 7) is 7.21. The van der Waals surface area contributed by atoms with Gasteiger partial charge < -0.3 is 34.1 Å². The van der Waals surface area contributed by atoms with Crippen LogP contribution >= 0.6 is 11.3 Å². The first kappa shape index (κ1) is 39.1. The highest BCUT2D eigenvalue weighted by Crippen LogP contribution is 2.46. The van der Waals surface area contributed by atoms with Gasteiger partial charge in [-0.2, -0.15) is 0 Å². The van der Waals surface area contributed by atoms with Crippen LogP contribution in [0.3, 0.4) is 0 Å². The molecule has 1 saturated heterocycles. The molecular formula is C43H51N5O7S. The third-order valence-electron chi connectivity index (χ3n) is 10.9. The monoisotopic (exact) mass is 781 g/mol. The van der Waals surface area contributed by atoms with Crippen molar-refractivity contribution in [3.63, 3.8) is 0 Å². The first-order valence-corrected chi connectivity index (χ1v) is 20.5. The Labute approximate surface area is 332 Å². The van der Waals surface area contributed by atoms with Crippen molar-refractivity contribution >= 4 is 40.1 Å². The van der Waals surface area contributed by atoms with Crippen LogP contribution < -0.4 is 19.5 Å². The number of rotatable bonds is 10. The number of amides is 3. The van der Waals surface area contributed by atoms with Gasteiger partial charge in [0.25, 0.3) is 0 Å². The van der Waals surface area contributed by atoms with Gasteiger partial charge in [-0.05, 0) is 68.4 Å². The summed E-state index contributed by atoms with van der Waals surface area (Å²) >= 11 is 1.53. The summed E-state index contributed by atoms with van der Waals surface area (Å²) in [5, 5.41) is 6.66. The van der Waals surface area contributed by atoms with Crippen LogP contribution in [0.25, 0.3) is 21.6 Å². The van der Waals surface area contributed by atoms with E-state index in [9.17, 15) is 14.4 Å². The third kappa shape index (κ3) is 8.33. The van der Waals surface area contributed by atoms with E-state index in [1.165, 1.54) is 11.3 Å². The number of hydrogen-bond acceptors (Lipinski definition) is 10. The van der Waals surface area contributed by atoms with Crippen molar-refractivity contribution in [3.05, 3.63) is 77.3 Å². The van der Waals surface area contributed by atoms with Crippen molar-refractivity contribution in [1.29, 1.82) is 0 Å². The summed E-state index contributed by atoms with van der Waals surface area (Å²) in [5.41, 5.74) is 2.10. The Bertz CT molecular complexity index is 2080. The van der Waals surface area contributed by atoms with Crippen molar-refractivity contribution < 1.29 is 33.3 Å². The van der Waals surface area contributed by atoms with Gasteiger partial charge in [-0.15, -0.1) is 11.3 Å². The molecule has 1 N–H and O–H groups in total. The number of nitrogens with one attached hydrogen (secondary N) is 1. The molecule has 2 aliphatic heterocycles. The van der Waals surface area contributed by atoms with Crippen LogP contribution in [0.15, 0.2) is 66.1 Å². The molecule has 4 atom stereocenters. The molecule has 56 heavy (non-hydrogen) atoms. The smallest absolute Gasteiger partial charge is 0.332 e. The van der Waals surface area contributed by atoms with Gasteiger partial charge in [-0.1, -0.05) is 44.6 Å². The summed E-state index contributed by atoms with van der Waals surface area (Å²) in [7, 11) is 3.24. The lowest BCUT2D eigenvalue weighted by atomic mass is 10.1. The maximum atomic E-state index is 14.8. The van der Waals surface area contributed by atoms with E-state index in [1.807, 2.05) is 64.9 Å². The second-order valence-corrected chi connectivity index (χ2v) is 15.9. The van der Waals surface area contributed by atoms with Crippen molar-refractivity contribution in [1.82, 2.24) is 25.1 Å². The standard InChI is InChI=1S/C43H51N5O7S/c1-6-54-41(50)43-23-29(43)12-10-8-7-9-11-19-47(24-28-13-15-30(52-4)16-14-28)42(51)48-25-32(21-37(48)39(49)46-43)55-38-22-35(40-45-36(26-56-40)27(2)3)44-34-20-31(53-5)17-18-33(34)38/h10,12-18,20,22,26-27,29,32,37H,6-9,11,19,21,23-25H2,1-5H3,(H,46,49)/t29-,32-,37+,43-/m1/s1. The molecule has 7 rings (SSSR count). The molecular weight excluding hydrogens is 731 g/mol. The molecule has 296 valence electrons. The lowest BCUT2D eigenvalue weighted by Gasteiger charge is -2.32. The number of carbonyl (C=O) groups is 3. The van der Waals surface area contributed by atoms with Gasteiger partial charge in [0.15, 0.2) is 0 Å². The van der Waals surface area contributed by atoms with Crippen LogP contribution in [-0.2, 0) is 20.9 Å². The number of urea groups is 1. The van der Waals surface area contributed by atoms with Crippen molar-refractivity contribution in [3.8, 4) is 28.0 Å². The zero-order valence-corrected chi connectivity index (χ0v) is 33.6. The number of ether oxygens (including phenoxy) is 4. The maximum Gasteiger partial charge on any atom is 0.332 e. The largest absolute Gasteiger partial charge is 0.497 e. The van der Waals surface area contributed by atoms with E-state index in [0.29, 0.717) is 42.2 Å². The molecule has 3 aliphatic rings. The topological polar surface area (TPSA) is 132 Å². The Morgan fingerprint density at radius 3 is 2.54 bits per heavy atom. The van der Waals surface area contributed by atoms with Crippen molar-refractivity contribution in [2.24, 2.45) is 5.92 Å². The minimum Gasteiger partial charge on any atom is -0.497 e. The minimum atomic E-state index is -1.17. The quantitative estimate of drug-likeness (QED) is 0.128. The van der Waals surface area contributed by atoms with Crippen LogP contribution in [0.2, 0.25) is 0 Å². The number of benzene rings is 2. The summed E-state index contributed by atoms with van der Waals surface area (Å²) in [4.78, 5) is 55.9. The first-order chi connectivity index (χ1) is 27.1. The molecule has 4 heterocycles. The van der Waals surface area contributed by atoms with Gasteiger partial charge >= 0.3 is 12.0 Å². The van der Waals surface area contributed by atoms with Crippen molar-refractivity contribution in [2.75, 3.05) is 33.9 Å². The molecule has 2 fully saturated rings. The number of hydrogen-bond donors (Lipinski definition) is 1. The average Bonchev–Trinajstić information content (AvgIpc) is 3.48. The predicted octanol–water partition coefficient (Wildman–Crippen LogP) is 7.51. The second-order valence-electron chi connectivity index (χ2n) is 15.1. The van der Waals surface area contributed by atoms with E-state index in [1.54, 1.807) is 26.0 Å². The van der Waals surface area contributed by atoms with E-state index in [-0.39, 0.29) is 37.4 Å². The number of methoxy groups -OCH3 is 2. The fraction of sp³-hybridized carbons (Fsp3) is 0.465. The number of aromatic nitrogens is 2. The molecule has 2 aromatic carbocycles. The van der Waals surface area contributed by atoms with E-state index in [0.717, 1.165) is 53.1 Å². The number of allylic oxidation sites excluding steroid dienone is 1. The lowest BCUT2D eigenvalue weighted by molar-refractivity contribution is -0.149. The van der Waals surface area contributed by atoms with E-state index >= 15 is 0 Å². The molecule has 2 aromatic heterocycles. The Hall–Kier alpha value is -5.17. The highest BCUT2D eigenvalue weighted by Gasteiger charge is 2.62. The molecule has 0 unspecified atom stereocenters. The molecule has 3 amide bonds. The number of pyridine rings is 1. The number of fused-ring (bicyclic) bond motifs is 3. The van der Waals surface area contributed by atoms with E-state index in [4.69, 9.17) is 28.9 Å². The second kappa shape index (κ2) is 16.9. The number of thiazole rings is 1. The van der Waals surface area contributed by atoms with Crippen LogP contribution in [-0.4, -0.2) is 89.3 Å². The van der Waals surface area contributed by atoms with Gasteiger partial charge in [0.2, 0.25) is 5.91 Å². The molecule has 0 spiro atoms. The summed E-state index contributed by atoms with van der Waals surface area (Å²) < 4.78 is 23.2. The third-order valence-corrected chi connectivity index (χ3v) is 11.8. The molecule has 1 aliphatic carbocycles. The number of esters is 1. The highest BCUT2D eigenvalue weighted by molar-refractivity contribution is 7.13. The molecule has 4 aromatic rings. The Morgan fingerprint density at radius 2 is 1.80 bits per heavy atom. The summed E-state index contributed by atoms with van der Waals surface area (Å²) in [6, 6.07) is 14.1. The molecule has 12 nitrogen and oxygen atoms in total. The minimum absolute atomic E-state index is 0.163. The zero-order valence-electron chi connectivity index (χ0n) is 32.8. The normalized spacial score (nSPS) is 22.9. The Morgan fingerprint density at radius 1 is 1.02 bits per heavy atom. The molecule has 1 saturated carbocycles. The summed E-state index contributed by atoms with van der Waals surface area (Å²) in [6.07, 6.45) is 7.78. The Balaban J connectivity index is 1.24. The van der Waals surface area contributed by atoms with Gasteiger partial charge in [-0.3, -0.25) is 4.79 Å². The maximum absolute atomic E-state index is 14.8. The number of nitrogens with zero attached hydrogens (tertiary/aromatic N) is 4.